The molecule has 3 nitrogen and oxygen atoms in total. The lowest BCUT2D eigenvalue weighted by Gasteiger charge is -2.53. The van der Waals surface area contributed by atoms with Gasteiger partial charge in [0.25, 0.3) is 0 Å². The molecule has 1 saturated heterocycles. The molecule has 4 aliphatic carbocycles. The number of hydrogen-bond donors (Lipinski definition) is 0. The number of carbonyl (C=O) groups is 2. The first kappa shape index (κ1) is 12.6. The second-order valence-electron chi connectivity index (χ2n) is 8.23. The lowest BCUT2D eigenvalue weighted by Crippen LogP contribution is -2.50. The zero-order valence-corrected chi connectivity index (χ0v) is 12.6. The van der Waals surface area contributed by atoms with Gasteiger partial charge in [-0.05, 0) is 55.1 Å². The molecule has 2 bridgehead atoms. The molecule has 3 heteroatoms. The van der Waals surface area contributed by atoms with Crippen LogP contribution in [0.4, 0.5) is 0 Å². The summed E-state index contributed by atoms with van der Waals surface area (Å²) < 4.78 is 6.08. The van der Waals surface area contributed by atoms with Gasteiger partial charge in [0, 0.05) is 23.7 Å². The van der Waals surface area contributed by atoms with Crippen LogP contribution in [-0.2, 0) is 14.3 Å². The molecule has 0 unspecified atom stereocenters. The average molecular weight is 286 g/mol. The van der Waals surface area contributed by atoms with Gasteiger partial charge in [0.05, 0.1) is 12.7 Å². The van der Waals surface area contributed by atoms with Crippen LogP contribution < -0.4 is 0 Å². The Bertz CT molecular complexity index is 591. The molecule has 5 aliphatic rings. The largest absolute Gasteiger partial charge is 0.373 e. The Balaban J connectivity index is 1.59. The predicted octanol–water partition coefficient (Wildman–Crippen LogP) is 2.69. The van der Waals surface area contributed by atoms with Crippen molar-refractivity contribution in [3.63, 3.8) is 0 Å². The minimum atomic E-state index is -0.0823. The maximum atomic E-state index is 12.4. The first-order valence-corrected chi connectivity index (χ1v) is 8.44. The normalized spacial score (nSPS) is 54.2. The van der Waals surface area contributed by atoms with Gasteiger partial charge in [-0.2, -0.15) is 0 Å². The van der Waals surface area contributed by atoms with Crippen LogP contribution in [0, 0.1) is 28.6 Å². The van der Waals surface area contributed by atoms with Crippen molar-refractivity contribution in [3.8, 4) is 0 Å². The molecule has 5 rings (SSSR count). The van der Waals surface area contributed by atoms with E-state index in [2.05, 4.69) is 6.92 Å². The summed E-state index contributed by atoms with van der Waals surface area (Å²) in [6, 6.07) is 0. The van der Waals surface area contributed by atoms with E-state index in [0.29, 0.717) is 35.7 Å². The SMILES string of the molecule is C[C@]12CC[C@H]3[C@@H](C[C@@H]4OC[C@@]35CC(=O)C=C45)[C@@H]1CCC2=O. The molecule has 0 radical (unpaired) electrons. The summed E-state index contributed by atoms with van der Waals surface area (Å²) in [5.74, 6) is 2.47. The fourth-order valence-electron chi connectivity index (χ4n) is 6.64. The Morgan fingerprint density at radius 3 is 2.95 bits per heavy atom. The van der Waals surface area contributed by atoms with E-state index in [0.717, 1.165) is 38.7 Å². The lowest BCUT2D eigenvalue weighted by atomic mass is 9.49. The van der Waals surface area contributed by atoms with Crippen molar-refractivity contribution in [2.75, 3.05) is 6.61 Å². The molecule has 112 valence electrons. The highest BCUT2D eigenvalue weighted by atomic mass is 16.5. The maximum absolute atomic E-state index is 12.4. The van der Waals surface area contributed by atoms with E-state index in [9.17, 15) is 9.59 Å². The van der Waals surface area contributed by atoms with Gasteiger partial charge >= 0.3 is 0 Å². The van der Waals surface area contributed by atoms with Crippen LogP contribution >= 0.6 is 0 Å². The minimum Gasteiger partial charge on any atom is -0.373 e. The second-order valence-corrected chi connectivity index (χ2v) is 8.23. The average Bonchev–Trinajstić information content (AvgIpc) is 3.00. The number of ether oxygens (including phenoxy) is 1. The summed E-state index contributed by atoms with van der Waals surface area (Å²) in [6.07, 6.45) is 7.71. The van der Waals surface area contributed by atoms with Gasteiger partial charge in [-0.3, -0.25) is 9.59 Å². The van der Waals surface area contributed by atoms with E-state index in [-0.39, 0.29) is 16.9 Å². The third kappa shape index (κ3) is 1.31. The molecule has 4 fully saturated rings. The summed E-state index contributed by atoms with van der Waals surface area (Å²) in [6.45, 7) is 2.95. The summed E-state index contributed by atoms with van der Waals surface area (Å²) >= 11 is 0. The first-order chi connectivity index (χ1) is 10.0. The van der Waals surface area contributed by atoms with Gasteiger partial charge in [-0.1, -0.05) is 6.92 Å². The van der Waals surface area contributed by atoms with Crippen LogP contribution in [0.15, 0.2) is 11.6 Å². The van der Waals surface area contributed by atoms with Crippen LogP contribution in [0.2, 0.25) is 0 Å². The van der Waals surface area contributed by atoms with Gasteiger partial charge in [-0.15, -0.1) is 0 Å². The van der Waals surface area contributed by atoms with Crippen molar-refractivity contribution in [3.05, 3.63) is 11.6 Å². The highest BCUT2D eigenvalue weighted by Crippen LogP contribution is 2.67. The zero-order valence-electron chi connectivity index (χ0n) is 12.6. The number of allylic oxidation sites excluding steroid dienone is 1. The molecule has 0 amide bonds. The number of ketones is 2. The lowest BCUT2D eigenvalue weighted by molar-refractivity contribution is -0.132. The summed E-state index contributed by atoms with van der Waals surface area (Å²) in [4.78, 5) is 24.4. The van der Waals surface area contributed by atoms with Crippen molar-refractivity contribution in [1.29, 1.82) is 0 Å². The standard InChI is InChI=1S/C18H22O3/c1-17-5-4-13-11(12(17)2-3-16(17)20)7-15-14-6-10(19)8-18(13,14)9-21-15/h6,11-13,15H,2-5,7-9H2,1H3/t11-,12-,13-,15-,17-,18-/m0/s1. The van der Waals surface area contributed by atoms with Crippen molar-refractivity contribution in [1.82, 2.24) is 0 Å². The van der Waals surface area contributed by atoms with Gasteiger partial charge in [0.15, 0.2) is 5.78 Å². The molecule has 3 saturated carbocycles. The summed E-state index contributed by atoms with van der Waals surface area (Å²) in [7, 11) is 0. The molecular formula is C18H22O3. The molecular weight excluding hydrogens is 264 g/mol. The number of hydrogen-bond acceptors (Lipinski definition) is 3. The molecule has 0 spiro atoms. The molecule has 21 heavy (non-hydrogen) atoms. The van der Waals surface area contributed by atoms with Gasteiger partial charge < -0.3 is 4.74 Å². The molecule has 0 N–H and O–H groups in total. The van der Waals surface area contributed by atoms with Gasteiger partial charge in [0.1, 0.15) is 5.78 Å². The summed E-state index contributed by atoms with van der Waals surface area (Å²) in [5, 5.41) is 0. The van der Waals surface area contributed by atoms with Crippen LogP contribution in [0.25, 0.3) is 0 Å². The Hall–Kier alpha value is -0.960. The first-order valence-electron chi connectivity index (χ1n) is 8.44. The van der Waals surface area contributed by atoms with E-state index in [1.165, 1.54) is 5.57 Å². The number of Topliss-reactive ketones (excluding diaryl/α,β-unsaturated/α-hetero) is 1. The Labute approximate surface area is 125 Å². The van der Waals surface area contributed by atoms with Crippen LogP contribution in [0.3, 0.4) is 0 Å². The topological polar surface area (TPSA) is 43.4 Å². The second kappa shape index (κ2) is 3.68. The minimum absolute atomic E-state index is 0.0115. The molecule has 6 atom stereocenters. The van der Waals surface area contributed by atoms with E-state index in [1.807, 2.05) is 6.08 Å². The summed E-state index contributed by atoms with van der Waals surface area (Å²) in [5.41, 5.74) is 1.24. The quantitative estimate of drug-likeness (QED) is 0.687. The van der Waals surface area contributed by atoms with E-state index in [4.69, 9.17) is 4.74 Å². The van der Waals surface area contributed by atoms with E-state index in [1.54, 1.807) is 0 Å². The molecule has 1 aliphatic heterocycles. The molecule has 1 heterocycles. The fourth-order valence-corrected chi connectivity index (χ4v) is 6.64. The Morgan fingerprint density at radius 1 is 1.24 bits per heavy atom. The maximum Gasteiger partial charge on any atom is 0.156 e. The van der Waals surface area contributed by atoms with Gasteiger partial charge in [-0.25, -0.2) is 0 Å². The predicted molar refractivity (Wildman–Crippen MR) is 76.5 cm³/mol. The fraction of sp³-hybridized carbons (Fsp3) is 0.778. The third-order valence-electron chi connectivity index (χ3n) is 7.61. The molecule has 0 aromatic carbocycles. The molecule has 0 aromatic heterocycles. The Morgan fingerprint density at radius 2 is 2.10 bits per heavy atom. The van der Waals surface area contributed by atoms with Crippen LogP contribution in [-0.4, -0.2) is 24.3 Å². The van der Waals surface area contributed by atoms with E-state index >= 15 is 0 Å². The smallest absolute Gasteiger partial charge is 0.156 e. The van der Waals surface area contributed by atoms with E-state index < -0.39 is 0 Å². The van der Waals surface area contributed by atoms with Crippen LogP contribution in [0.1, 0.15) is 45.4 Å². The van der Waals surface area contributed by atoms with Crippen molar-refractivity contribution in [2.24, 2.45) is 28.6 Å². The molecule has 0 aromatic rings. The zero-order chi connectivity index (χ0) is 14.4. The number of fused-ring (bicyclic) bond motifs is 3. The van der Waals surface area contributed by atoms with Crippen LogP contribution in [0.5, 0.6) is 0 Å². The number of carbonyl (C=O) groups excluding carboxylic acids is 2. The van der Waals surface area contributed by atoms with Gasteiger partial charge in [0.2, 0.25) is 0 Å². The van der Waals surface area contributed by atoms with Crippen molar-refractivity contribution in [2.45, 2.75) is 51.6 Å². The highest BCUT2D eigenvalue weighted by molar-refractivity contribution is 5.95. The van der Waals surface area contributed by atoms with Crippen molar-refractivity contribution < 1.29 is 14.3 Å². The highest BCUT2D eigenvalue weighted by Gasteiger charge is 2.65. The number of rotatable bonds is 0. The van der Waals surface area contributed by atoms with Crippen molar-refractivity contribution >= 4 is 11.6 Å². The monoisotopic (exact) mass is 286 g/mol. The Kier molecular flexibility index (Phi) is 2.20. The third-order valence-corrected chi connectivity index (χ3v) is 7.61.